The van der Waals surface area contributed by atoms with Gasteiger partial charge in [0.2, 0.25) is 0 Å². The van der Waals surface area contributed by atoms with Crippen molar-refractivity contribution in [3.63, 3.8) is 0 Å². The monoisotopic (exact) mass is 170 g/mol. The highest BCUT2D eigenvalue weighted by Crippen LogP contribution is 2.21. The molecule has 0 unspecified atom stereocenters. The molecule has 0 spiro atoms. The van der Waals surface area contributed by atoms with Gasteiger partial charge in [0, 0.05) is 12.2 Å². The zero-order chi connectivity index (χ0) is 7.84. The van der Waals surface area contributed by atoms with Crippen LogP contribution in [-0.2, 0) is 6.42 Å². The van der Waals surface area contributed by atoms with Crippen LogP contribution in [0.2, 0.25) is 0 Å². The molecule has 11 heavy (non-hydrogen) atoms. The number of aromatic carboxylic acids is 1. The predicted octanol–water partition coefficient (Wildman–Crippen LogP) is 0.634. The van der Waals surface area contributed by atoms with Crippen molar-refractivity contribution in [1.29, 1.82) is 0 Å². The summed E-state index contributed by atoms with van der Waals surface area (Å²) in [5, 5.41) is 8.56. The van der Waals surface area contributed by atoms with Crippen molar-refractivity contribution in [2.24, 2.45) is 0 Å². The highest BCUT2D eigenvalue weighted by molar-refractivity contribution is 7.98. The van der Waals surface area contributed by atoms with Gasteiger partial charge in [0.1, 0.15) is 5.82 Å². The second-order valence-corrected chi connectivity index (χ2v) is 3.32. The molecule has 0 saturated carbocycles. The summed E-state index contributed by atoms with van der Waals surface area (Å²) < 4.78 is 1.82. The van der Waals surface area contributed by atoms with E-state index >= 15 is 0 Å². The number of carboxylic acid groups (broad SMARTS) is 1. The predicted molar refractivity (Wildman–Crippen MR) is 40.7 cm³/mol. The van der Waals surface area contributed by atoms with Gasteiger partial charge in [-0.05, 0) is 11.9 Å². The van der Waals surface area contributed by atoms with E-state index in [2.05, 4.69) is 4.98 Å². The van der Waals surface area contributed by atoms with Crippen LogP contribution in [0.3, 0.4) is 0 Å². The number of nitrogens with zero attached hydrogens (tertiary/aromatic N) is 2. The van der Waals surface area contributed by atoms with Crippen LogP contribution in [0.4, 0.5) is 0 Å². The van der Waals surface area contributed by atoms with E-state index in [1.807, 2.05) is 3.97 Å². The first-order chi connectivity index (χ1) is 5.27. The molecule has 4 nitrogen and oxygen atoms in total. The topological polar surface area (TPSA) is 55.1 Å². The summed E-state index contributed by atoms with van der Waals surface area (Å²) in [4.78, 5) is 14.4. The average molecular weight is 170 g/mol. The fraction of sp³-hybridized carbons (Fsp3) is 0.333. The molecule has 2 rings (SSSR count). The van der Waals surface area contributed by atoms with Gasteiger partial charge in [-0.3, -0.25) is 3.97 Å². The summed E-state index contributed by atoms with van der Waals surface area (Å²) >= 11 is 1.60. The Bertz CT molecular complexity index is 286. The van der Waals surface area contributed by atoms with Crippen LogP contribution in [-0.4, -0.2) is 25.8 Å². The minimum atomic E-state index is -0.951. The lowest BCUT2D eigenvalue weighted by atomic mass is 10.5. The third kappa shape index (κ3) is 1.01. The van der Waals surface area contributed by atoms with Crippen molar-refractivity contribution in [3.8, 4) is 0 Å². The molecule has 1 aliphatic rings. The molecule has 1 aliphatic heterocycles. The number of hydrogen-bond acceptors (Lipinski definition) is 3. The van der Waals surface area contributed by atoms with E-state index in [0.717, 1.165) is 18.0 Å². The normalized spacial score (nSPS) is 14.9. The van der Waals surface area contributed by atoms with Crippen molar-refractivity contribution in [2.75, 3.05) is 5.75 Å². The molecular formula is C6H6N2O2S. The van der Waals surface area contributed by atoms with Crippen LogP contribution < -0.4 is 0 Å². The van der Waals surface area contributed by atoms with Gasteiger partial charge in [-0.25, -0.2) is 9.78 Å². The van der Waals surface area contributed by atoms with Crippen LogP contribution in [0.5, 0.6) is 0 Å². The van der Waals surface area contributed by atoms with E-state index in [4.69, 9.17) is 5.11 Å². The van der Waals surface area contributed by atoms with Crippen molar-refractivity contribution >= 4 is 17.9 Å². The Morgan fingerprint density at radius 3 is 3.27 bits per heavy atom. The van der Waals surface area contributed by atoms with Gasteiger partial charge in [-0.15, -0.1) is 0 Å². The molecule has 0 bridgehead atoms. The second-order valence-electron chi connectivity index (χ2n) is 2.26. The zero-order valence-electron chi connectivity index (χ0n) is 5.65. The number of imidazole rings is 1. The summed E-state index contributed by atoms with van der Waals surface area (Å²) in [5.41, 5.74) is 0.146. The van der Waals surface area contributed by atoms with Gasteiger partial charge >= 0.3 is 5.97 Å². The lowest BCUT2D eigenvalue weighted by molar-refractivity contribution is 0.0691. The number of carboxylic acids is 1. The van der Waals surface area contributed by atoms with Gasteiger partial charge in [-0.1, -0.05) is 0 Å². The Kier molecular flexibility index (Phi) is 1.38. The minimum Gasteiger partial charge on any atom is -0.476 e. The van der Waals surface area contributed by atoms with Crippen molar-refractivity contribution in [3.05, 3.63) is 17.7 Å². The maximum atomic E-state index is 10.4. The number of fused-ring (bicyclic) bond motifs is 1. The molecule has 0 atom stereocenters. The lowest BCUT2D eigenvalue weighted by Gasteiger charge is -1.87. The fourth-order valence-corrected chi connectivity index (χ4v) is 1.95. The molecule has 1 aromatic rings. The number of aryl methyl sites for hydroxylation is 1. The van der Waals surface area contributed by atoms with E-state index in [9.17, 15) is 4.79 Å². The molecule has 58 valence electrons. The molecule has 0 saturated heterocycles. The summed E-state index contributed by atoms with van der Waals surface area (Å²) in [6.45, 7) is 0. The summed E-state index contributed by atoms with van der Waals surface area (Å²) in [6.07, 6.45) is 2.44. The Labute approximate surface area is 67.4 Å². The van der Waals surface area contributed by atoms with Gasteiger partial charge in [0.05, 0.1) is 6.20 Å². The third-order valence-electron chi connectivity index (χ3n) is 1.52. The first-order valence-electron chi connectivity index (χ1n) is 3.22. The highest BCUT2D eigenvalue weighted by Gasteiger charge is 2.17. The lowest BCUT2D eigenvalue weighted by Crippen LogP contribution is -1.96. The van der Waals surface area contributed by atoms with Crippen molar-refractivity contribution < 1.29 is 9.90 Å². The standard InChI is InChI=1S/C6H6N2O2S/c9-6(10)4-3-8-5(7-4)1-2-11-8/h3H,1-2H2,(H,9,10). The van der Waals surface area contributed by atoms with E-state index in [1.54, 1.807) is 18.1 Å². The molecule has 2 heterocycles. The van der Waals surface area contributed by atoms with E-state index in [1.165, 1.54) is 0 Å². The molecule has 1 aromatic heterocycles. The Morgan fingerprint density at radius 1 is 1.82 bits per heavy atom. The molecule has 0 amide bonds. The van der Waals surface area contributed by atoms with E-state index in [-0.39, 0.29) is 5.69 Å². The molecular weight excluding hydrogens is 164 g/mol. The number of rotatable bonds is 1. The number of hydrogen-bond donors (Lipinski definition) is 1. The van der Waals surface area contributed by atoms with Gasteiger partial charge in [-0.2, -0.15) is 0 Å². The number of carbonyl (C=O) groups is 1. The van der Waals surface area contributed by atoms with E-state index in [0.29, 0.717) is 0 Å². The van der Waals surface area contributed by atoms with Crippen LogP contribution in [0, 0.1) is 0 Å². The quantitative estimate of drug-likeness (QED) is 0.671. The minimum absolute atomic E-state index is 0.146. The fourth-order valence-electron chi connectivity index (χ4n) is 1.02. The highest BCUT2D eigenvalue weighted by atomic mass is 32.2. The summed E-state index contributed by atoms with van der Waals surface area (Å²) in [7, 11) is 0. The molecule has 0 aliphatic carbocycles. The molecule has 0 fully saturated rings. The van der Waals surface area contributed by atoms with Crippen LogP contribution in [0.15, 0.2) is 6.20 Å². The molecule has 5 heteroatoms. The Morgan fingerprint density at radius 2 is 2.64 bits per heavy atom. The smallest absolute Gasteiger partial charge is 0.356 e. The second kappa shape index (κ2) is 2.27. The third-order valence-corrected chi connectivity index (χ3v) is 2.50. The molecule has 1 N–H and O–H groups in total. The average Bonchev–Trinajstić information content (AvgIpc) is 2.40. The summed E-state index contributed by atoms with van der Waals surface area (Å²) in [6, 6.07) is 0. The Balaban J connectivity index is 2.42. The molecule has 0 aromatic carbocycles. The van der Waals surface area contributed by atoms with Gasteiger partial charge < -0.3 is 5.11 Å². The Hall–Kier alpha value is -0.970. The van der Waals surface area contributed by atoms with Crippen LogP contribution >= 0.6 is 11.9 Å². The number of aromatic nitrogens is 2. The first kappa shape index (κ1) is 6.72. The van der Waals surface area contributed by atoms with Gasteiger partial charge in [0.15, 0.2) is 5.69 Å². The molecule has 0 radical (unpaired) electrons. The maximum Gasteiger partial charge on any atom is 0.356 e. The van der Waals surface area contributed by atoms with E-state index < -0.39 is 5.97 Å². The maximum absolute atomic E-state index is 10.4. The zero-order valence-corrected chi connectivity index (χ0v) is 6.47. The largest absolute Gasteiger partial charge is 0.476 e. The first-order valence-corrected chi connectivity index (χ1v) is 4.16. The SMILES string of the molecule is O=C(O)c1cn2c(n1)CCS2. The van der Waals surface area contributed by atoms with Crippen molar-refractivity contribution in [2.45, 2.75) is 6.42 Å². The van der Waals surface area contributed by atoms with Crippen LogP contribution in [0.25, 0.3) is 0 Å². The summed E-state index contributed by atoms with van der Waals surface area (Å²) in [5.74, 6) is 0.919. The van der Waals surface area contributed by atoms with Crippen molar-refractivity contribution in [1.82, 2.24) is 8.96 Å². The van der Waals surface area contributed by atoms with Crippen LogP contribution in [0.1, 0.15) is 16.3 Å². The van der Waals surface area contributed by atoms with Gasteiger partial charge in [0.25, 0.3) is 0 Å².